The molecule has 1 aliphatic heterocycles. The Morgan fingerprint density at radius 1 is 1.18 bits per heavy atom. The number of fused-ring (bicyclic) bond motifs is 1. The Hall–Kier alpha value is -2.62. The lowest BCUT2D eigenvalue weighted by molar-refractivity contribution is 0.0281. The van der Waals surface area contributed by atoms with E-state index in [1.54, 1.807) is 55.5 Å². The monoisotopic (exact) mass is 475 g/mol. The second-order valence-electron chi connectivity index (χ2n) is 8.69. The average Bonchev–Trinajstić information content (AvgIpc) is 2.78. The molecule has 0 bridgehead atoms. The summed E-state index contributed by atoms with van der Waals surface area (Å²) in [5, 5.41) is 3.43. The summed E-state index contributed by atoms with van der Waals surface area (Å²) in [4.78, 5) is 15.0. The third-order valence-corrected chi connectivity index (χ3v) is 7.16. The zero-order valence-electron chi connectivity index (χ0n) is 19.8. The Kier molecular flexibility index (Phi) is 7.99. The van der Waals surface area contributed by atoms with Crippen molar-refractivity contribution in [3.63, 3.8) is 0 Å². The quantitative estimate of drug-likeness (QED) is 0.706. The number of benzene rings is 2. The number of hydrogen-bond donors (Lipinski definition) is 2. The van der Waals surface area contributed by atoms with Crippen LogP contribution in [0, 0.1) is 12.8 Å². The third kappa shape index (κ3) is 6.25. The molecule has 0 fully saturated rings. The van der Waals surface area contributed by atoms with Gasteiger partial charge >= 0.3 is 0 Å². The number of nitrogens with one attached hydrogen (secondary N) is 2. The molecule has 180 valence electrons. The van der Waals surface area contributed by atoms with Crippen LogP contribution in [0.15, 0.2) is 47.4 Å². The number of sulfonamides is 1. The van der Waals surface area contributed by atoms with E-state index in [0.717, 1.165) is 5.56 Å². The average molecular weight is 476 g/mol. The molecule has 3 rings (SSSR count). The van der Waals surface area contributed by atoms with Gasteiger partial charge < -0.3 is 19.7 Å². The highest BCUT2D eigenvalue weighted by molar-refractivity contribution is 7.92. The number of carbonyl (C=O) groups is 1. The van der Waals surface area contributed by atoms with E-state index in [9.17, 15) is 13.2 Å². The summed E-state index contributed by atoms with van der Waals surface area (Å²) in [5.41, 5.74) is 1.53. The van der Waals surface area contributed by atoms with Crippen LogP contribution < -0.4 is 14.8 Å². The molecule has 33 heavy (non-hydrogen) atoms. The molecular weight excluding hydrogens is 442 g/mol. The smallest absolute Gasteiger partial charge is 0.261 e. The van der Waals surface area contributed by atoms with E-state index >= 15 is 0 Å². The molecule has 0 aliphatic carbocycles. The Morgan fingerprint density at radius 2 is 1.94 bits per heavy atom. The van der Waals surface area contributed by atoms with E-state index in [1.165, 1.54) is 0 Å². The van der Waals surface area contributed by atoms with Crippen LogP contribution in [0.5, 0.6) is 5.75 Å². The normalized spacial score (nSPS) is 22.5. The van der Waals surface area contributed by atoms with Gasteiger partial charge in [-0.05, 0) is 49.6 Å². The molecule has 2 N–H and O–H groups in total. The van der Waals surface area contributed by atoms with Gasteiger partial charge in [-0.3, -0.25) is 9.52 Å². The maximum atomic E-state index is 13.2. The van der Waals surface area contributed by atoms with E-state index in [4.69, 9.17) is 9.47 Å². The first-order valence-electron chi connectivity index (χ1n) is 11.0. The molecule has 0 saturated heterocycles. The summed E-state index contributed by atoms with van der Waals surface area (Å²) < 4.78 is 39.9. The molecule has 1 aliphatic rings. The van der Waals surface area contributed by atoms with Gasteiger partial charge in [0.1, 0.15) is 12.4 Å². The minimum absolute atomic E-state index is 0.0257. The molecule has 8 nitrogen and oxygen atoms in total. The molecular formula is C24H33N3O5S. The summed E-state index contributed by atoms with van der Waals surface area (Å²) in [7, 11) is -0.410. The highest BCUT2D eigenvalue weighted by atomic mass is 32.2. The first kappa shape index (κ1) is 25.0. The van der Waals surface area contributed by atoms with Crippen molar-refractivity contribution in [2.24, 2.45) is 5.92 Å². The van der Waals surface area contributed by atoms with E-state index < -0.39 is 10.0 Å². The van der Waals surface area contributed by atoms with Gasteiger partial charge in [-0.15, -0.1) is 0 Å². The number of anilines is 1. The van der Waals surface area contributed by atoms with E-state index in [2.05, 4.69) is 17.0 Å². The van der Waals surface area contributed by atoms with Gasteiger partial charge in [0.05, 0.1) is 22.3 Å². The zero-order valence-corrected chi connectivity index (χ0v) is 20.6. The van der Waals surface area contributed by atoms with Gasteiger partial charge in [-0.1, -0.05) is 19.1 Å². The van der Waals surface area contributed by atoms with Crippen LogP contribution in [0.4, 0.5) is 5.69 Å². The van der Waals surface area contributed by atoms with Crippen molar-refractivity contribution < 1.29 is 22.7 Å². The summed E-state index contributed by atoms with van der Waals surface area (Å²) >= 11 is 0. The van der Waals surface area contributed by atoms with Crippen LogP contribution in [0.25, 0.3) is 0 Å². The highest BCUT2D eigenvalue weighted by Gasteiger charge is 2.26. The second-order valence-corrected chi connectivity index (χ2v) is 10.4. The van der Waals surface area contributed by atoms with Gasteiger partial charge in [0.15, 0.2) is 0 Å². The Balaban J connectivity index is 1.92. The molecule has 0 unspecified atom stereocenters. The number of aryl methyl sites for hydroxylation is 1. The van der Waals surface area contributed by atoms with Gasteiger partial charge in [-0.2, -0.15) is 0 Å². The SMILES string of the molecule is CO[C@@H]1CN(C)C(=O)c2ccc(NS(=O)(=O)c3cccc(C)c3)cc2OC[C@H](C)NC[C@@H]1C. The lowest BCUT2D eigenvalue weighted by Crippen LogP contribution is -2.44. The first-order valence-corrected chi connectivity index (χ1v) is 12.5. The van der Waals surface area contributed by atoms with Crippen molar-refractivity contribution in [2.45, 2.75) is 37.8 Å². The van der Waals surface area contributed by atoms with E-state index in [0.29, 0.717) is 36.7 Å². The van der Waals surface area contributed by atoms with Crippen LogP contribution in [-0.2, 0) is 14.8 Å². The predicted molar refractivity (Wildman–Crippen MR) is 128 cm³/mol. The second kappa shape index (κ2) is 10.5. The minimum atomic E-state index is -3.78. The number of nitrogens with zero attached hydrogens (tertiary/aromatic N) is 1. The Labute approximate surface area is 196 Å². The molecule has 0 radical (unpaired) electrons. The Bertz CT molecular complexity index is 1090. The number of methoxy groups -OCH3 is 1. The van der Waals surface area contributed by atoms with Crippen molar-refractivity contribution in [1.82, 2.24) is 10.2 Å². The molecule has 0 spiro atoms. The van der Waals surface area contributed by atoms with Crippen molar-refractivity contribution in [2.75, 3.05) is 38.6 Å². The highest BCUT2D eigenvalue weighted by Crippen LogP contribution is 2.27. The minimum Gasteiger partial charge on any atom is -0.491 e. The van der Waals surface area contributed by atoms with Crippen molar-refractivity contribution in [3.05, 3.63) is 53.6 Å². The third-order valence-electron chi connectivity index (χ3n) is 5.78. The molecule has 3 atom stereocenters. The molecule has 2 aromatic rings. The maximum absolute atomic E-state index is 13.2. The summed E-state index contributed by atoms with van der Waals surface area (Å²) in [6, 6.07) is 11.4. The number of rotatable bonds is 4. The van der Waals surface area contributed by atoms with E-state index in [1.807, 2.05) is 19.9 Å². The van der Waals surface area contributed by atoms with Crippen LogP contribution in [-0.4, -0.2) is 65.2 Å². The van der Waals surface area contributed by atoms with Crippen LogP contribution in [0.3, 0.4) is 0 Å². The molecule has 9 heteroatoms. The van der Waals surface area contributed by atoms with E-state index in [-0.39, 0.29) is 28.9 Å². The van der Waals surface area contributed by atoms with Crippen molar-refractivity contribution in [1.29, 1.82) is 0 Å². The molecule has 1 heterocycles. The fourth-order valence-corrected chi connectivity index (χ4v) is 4.87. The van der Waals surface area contributed by atoms with Gasteiger partial charge in [0.25, 0.3) is 15.9 Å². The molecule has 2 aromatic carbocycles. The van der Waals surface area contributed by atoms with Crippen LogP contribution in [0.2, 0.25) is 0 Å². The molecule has 1 amide bonds. The molecule has 0 aromatic heterocycles. The first-order chi connectivity index (χ1) is 15.6. The van der Waals surface area contributed by atoms with Crippen LogP contribution >= 0.6 is 0 Å². The van der Waals surface area contributed by atoms with Gasteiger partial charge in [-0.25, -0.2) is 8.42 Å². The summed E-state index contributed by atoms with van der Waals surface area (Å²) in [5.74, 6) is 0.311. The van der Waals surface area contributed by atoms with Crippen molar-refractivity contribution in [3.8, 4) is 5.75 Å². The number of likely N-dealkylation sites (N-methyl/N-ethyl adjacent to an activating group) is 1. The summed E-state index contributed by atoms with van der Waals surface area (Å²) in [6.07, 6.45) is -0.122. The topological polar surface area (TPSA) is 97.0 Å². The maximum Gasteiger partial charge on any atom is 0.261 e. The number of carbonyl (C=O) groups excluding carboxylic acids is 1. The Morgan fingerprint density at radius 3 is 2.64 bits per heavy atom. The fourth-order valence-electron chi connectivity index (χ4n) is 3.72. The lowest BCUT2D eigenvalue weighted by atomic mass is 10.0. The standard InChI is InChI=1S/C24H33N3O5S/c1-16-7-6-8-20(11-16)33(29,30)26-19-9-10-21-22(12-19)32-15-18(3)25-13-17(2)23(31-5)14-27(4)24(21)28/h6-12,17-18,23,25-26H,13-15H2,1-5H3/t17-,18-,23+/m0/s1. The zero-order chi connectivity index (χ0) is 24.2. The van der Waals surface area contributed by atoms with Gasteiger partial charge in [0, 0.05) is 39.4 Å². The predicted octanol–water partition coefficient (Wildman–Crippen LogP) is 2.89. The van der Waals surface area contributed by atoms with Crippen LogP contribution in [0.1, 0.15) is 29.8 Å². The van der Waals surface area contributed by atoms with Gasteiger partial charge in [0.2, 0.25) is 0 Å². The largest absolute Gasteiger partial charge is 0.491 e. The number of amides is 1. The number of hydrogen-bond acceptors (Lipinski definition) is 6. The summed E-state index contributed by atoms with van der Waals surface area (Å²) in [6.45, 7) is 7.38. The fraction of sp³-hybridized carbons (Fsp3) is 0.458. The lowest BCUT2D eigenvalue weighted by Gasteiger charge is -2.30. The van der Waals surface area contributed by atoms with Crippen molar-refractivity contribution >= 4 is 21.6 Å². The molecule has 0 saturated carbocycles. The number of ether oxygens (including phenoxy) is 2.